The molecule has 0 fully saturated rings. The summed E-state index contributed by atoms with van der Waals surface area (Å²) in [6.45, 7) is 0. The lowest BCUT2D eigenvalue weighted by atomic mass is 10.2. The van der Waals surface area contributed by atoms with Crippen LogP contribution < -0.4 is 4.90 Å². The van der Waals surface area contributed by atoms with Gasteiger partial charge in [-0.2, -0.15) is 10.5 Å². The van der Waals surface area contributed by atoms with Crippen molar-refractivity contribution in [2.24, 2.45) is 0 Å². The first-order valence-corrected chi connectivity index (χ1v) is 5.80. The van der Waals surface area contributed by atoms with Crippen LogP contribution in [0.1, 0.15) is 0 Å². The van der Waals surface area contributed by atoms with Gasteiger partial charge in [-0.05, 0) is 18.2 Å². The van der Waals surface area contributed by atoms with Crippen LogP contribution in [0.2, 0.25) is 0 Å². The summed E-state index contributed by atoms with van der Waals surface area (Å²) in [5, 5.41) is 18.4. The number of anilines is 1. The highest BCUT2D eigenvalue weighted by Crippen LogP contribution is 2.44. The summed E-state index contributed by atoms with van der Waals surface area (Å²) in [7, 11) is 1.95. The summed E-state index contributed by atoms with van der Waals surface area (Å²) in [5.41, 5.74) is 1.49. The van der Waals surface area contributed by atoms with Crippen molar-refractivity contribution in [3.63, 3.8) is 0 Å². The van der Waals surface area contributed by atoms with Crippen LogP contribution in [0.25, 0.3) is 0 Å². The van der Waals surface area contributed by atoms with Crippen molar-refractivity contribution in [3.05, 3.63) is 47.0 Å². The van der Waals surface area contributed by atoms with Crippen LogP contribution in [-0.4, -0.2) is 7.05 Å². The second-order valence-electron chi connectivity index (χ2n) is 3.45. The summed E-state index contributed by atoms with van der Waals surface area (Å²) in [6, 6.07) is 11.9. The van der Waals surface area contributed by atoms with Gasteiger partial charge < -0.3 is 4.90 Å². The lowest BCUT2D eigenvalue weighted by Gasteiger charge is -2.12. The molecule has 0 N–H and O–H groups in total. The predicted octanol–water partition coefficient (Wildman–Crippen LogP) is 3.04. The van der Waals surface area contributed by atoms with E-state index in [0.29, 0.717) is 5.57 Å². The van der Waals surface area contributed by atoms with Crippen molar-refractivity contribution in [3.8, 4) is 12.1 Å². The van der Waals surface area contributed by atoms with Crippen LogP contribution in [-0.2, 0) is 0 Å². The van der Waals surface area contributed by atoms with E-state index in [9.17, 15) is 0 Å². The third-order valence-corrected chi connectivity index (χ3v) is 3.57. The fourth-order valence-electron chi connectivity index (χ4n) is 1.56. The van der Waals surface area contributed by atoms with Crippen LogP contribution in [0.5, 0.6) is 0 Å². The Balaban J connectivity index is 2.36. The van der Waals surface area contributed by atoms with E-state index in [2.05, 4.69) is 0 Å². The molecule has 1 aromatic carbocycles. The molecular weight excluding hydrogens is 230 g/mol. The van der Waals surface area contributed by atoms with E-state index in [1.54, 1.807) is 17.8 Å². The molecular formula is C13H9N3S. The molecule has 1 aliphatic rings. The minimum Gasteiger partial charge on any atom is -0.338 e. The molecule has 0 radical (unpaired) electrons. The second kappa shape index (κ2) is 4.78. The number of benzene rings is 1. The molecule has 0 aromatic heterocycles. The molecule has 0 saturated heterocycles. The van der Waals surface area contributed by atoms with Crippen LogP contribution in [0.15, 0.2) is 51.9 Å². The molecule has 1 heterocycles. The van der Waals surface area contributed by atoms with Crippen molar-refractivity contribution in [1.29, 1.82) is 10.5 Å². The van der Waals surface area contributed by atoms with Crippen LogP contribution >= 0.6 is 11.8 Å². The molecule has 0 amide bonds. The first-order chi connectivity index (χ1) is 8.26. The molecule has 0 spiro atoms. The maximum absolute atomic E-state index is 8.88. The Bertz CT molecular complexity index is 587. The molecule has 82 valence electrons. The van der Waals surface area contributed by atoms with Crippen LogP contribution in [0.3, 0.4) is 0 Å². The van der Waals surface area contributed by atoms with Crippen molar-refractivity contribution in [2.75, 3.05) is 11.9 Å². The van der Waals surface area contributed by atoms with Crippen LogP contribution in [0.4, 0.5) is 5.69 Å². The SMILES string of the molecule is CN1/C(=C\C(C#N)=C\C#N)Sc2ccccc21. The van der Waals surface area contributed by atoms with Crippen molar-refractivity contribution < 1.29 is 0 Å². The summed E-state index contributed by atoms with van der Waals surface area (Å²) < 4.78 is 0. The summed E-state index contributed by atoms with van der Waals surface area (Å²) in [5.74, 6) is 0. The molecule has 0 aliphatic carbocycles. The van der Waals surface area contributed by atoms with Gasteiger partial charge in [-0.25, -0.2) is 0 Å². The number of nitrogens with zero attached hydrogens (tertiary/aromatic N) is 3. The third-order valence-electron chi connectivity index (χ3n) is 2.40. The zero-order valence-electron chi connectivity index (χ0n) is 9.21. The van der Waals surface area contributed by atoms with E-state index < -0.39 is 0 Å². The number of fused-ring (bicyclic) bond motifs is 1. The minimum absolute atomic E-state index is 0.370. The van der Waals surface area contributed by atoms with Gasteiger partial charge in [-0.3, -0.25) is 0 Å². The topological polar surface area (TPSA) is 50.8 Å². The van der Waals surface area contributed by atoms with Gasteiger partial charge in [0, 0.05) is 18.0 Å². The van der Waals surface area contributed by atoms with Gasteiger partial charge in [0.25, 0.3) is 0 Å². The summed E-state index contributed by atoms with van der Waals surface area (Å²) in [4.78, 5) is 3.18. The Morgan fingerprint density at radius 3 is 2.76 bits per heavy atom. The van der Waals surface area contributed by atoms with Gasteiger partial charge in [-0.1, -0.05) is 23.9 Å². The van der Waals surface area contributed by atoms with Gasteiger partial charge in [-0.15, -0.1) is 0 Å². The zero-order chi connectivity index (χ0) is 12.3. The quantitative estimate of drug-likeness (QED) is 0.707. The molecule has 1 aromatic rings. The van der Waals surface area contributed by atoms with Gasteiger partial charge in [0.05, 0.1) is 28.4 Å². The lowest BCUT2D eigenvalue weighted by Crippen LogP contribution is -2.09. The number of rotatable bonds is 1. The van der Waals surface area contributed by atoms with E-state index in [1.165, 1.54) is 6.08 Å². The first kappa shape index (κ1) is 11.3. The molecule has 0 saturated carbocycles. The maximum Gasteiger partial charge on any atom is 0.1000 e. The average molecular weight is 239 g/mol. The average Bonchev–Trinajstić information content (AvgIpc) is 2.66. The fourth-order valence-corrected chi connectivity index (χ4v) is 2.66. The first-order valence-electron chi connectivity index (χ1n) is 4.98. The minimum atomic E-state index is 0.370. The number of allylic oxidation sites excluding steroid dienone is 3. The van der Waals surface area contributed by atoms with Crippen molar-refractivity contribution >= 4 is 17.4 Å². The number of nitriles is 2. The van der Waals surface area contributed by atoms with E-state index in [-0.39, 0.29) is 0 Å². The summed E-state index contributed by atoms with van der Waals surface area (Å²) in [6.07, 6.45) is 2.98. The normalized spacial score (nSPS) is 16.5. The molecule has 0 unspecified atom stereocenters. The predicted molar refractivity (Wildman–Crippen MR) is 68.1 cm³/mol. The van der Waals surface area contributed by atoms with E-state index >= 15 is 0 Å². The maximum atomic E-state index is 8.88. The highest BCUT2D eigenvalue weighted by molar-refractivity contribution is 8.03. The summed E-state index contributed by atoms with van der Waals surface area (Å²) >= 11 is 1.60. The Morgan fingerprint density at radius 2 is 2.12 bits per heavy atom. The molecule has 1 aliphatic heterocycles. The highest BCUT2D eigenvalue weighted by Gasteiger charge is 2.21. The number of hydrogen-bond acceptors (Lipinski definition) is 4. The molecule has 2 rings (SSSR count). The third kappa shape index (κ3) is 2.18. The standard InChI is InChI=1S/C13H9N3S/c1-16-11-4-2-3-5-12(11)17-13(16)8-10(9-15)6-7-14/h2-6,8H,1H3/b10-6-,13-8+. The van der Waals surface area contributed by atoms with Gasteiger partial charge in [0.1, 0.15) is 0 Å². The Hall–Kier alpha value is -2.17. The molecule has 17 heavy (non-hydrogen) atoms. The Labute approximate surface area is 104 Å². The largest absolute Gasteiger partial charge is 0.338 e. The van der Waals surface area contributed by atoms with Gasteiger partial charge in [0.15, 0.2) is 0 Å². The highest BCUT2D eigenvalue weighted by atomic mass is 32.2. The Kier molecular flexibility index (Phi) is 3.18. The van der Waals surface area contributed by atoms with E-state index in [0.717, 1.165) is 15.6 Å². The second-order valence-corrected chi connectivity index (χ2v) is 4.51. The smallest absolute Gasteiger partial charge is 0.1000 e. The fraction of sp³-hybridized carbons (Fsp3) is 0.0769. The van der Waals surface area contributed by atoms with E-state index in [1.807, 2.05) is 48.4 Å². The van der Waals surface area contributed by atoms with Crippen LogP contribution in [0, 0.1) is 22.7 Å². The molecule has 3 nitrogen and oxygen atoms in total. The number of para-hydroxylation sites is 1. The molecule has 4 heteroatoms. The van der Waals surface area contributed by atoms with Crippen molar-refractivity contribution in [1.82, 2.24) is 0 Å². The number of hydrogen-bond donors (Lipinski definition) is 0. The number of thioether (sulfide) groups is 1. The van der Waals surface area contributed by atoms with Gasteiger partial charge >= 0.3 is 0 Å². The monoisotopic (exact) mass is 239 g/mol. The van der Waals surface area contributed by atoms with Crippen molar-refractivity contribution in [2.45, 2.75) is 4.90 Å². The van der Waals surface area contributed by atoms with E-state index in [4.69, 9.17) is 10.5 Å². The molecule has 0 bridgehead atoms. The molecule has 0 atom stereocenters. The lowest BCUT2D eigenvalue weighted by molar-refractivity contribution is 1.17. The Morgan fingerprint density at radius 1 is 1.35 bits per heavy atom. The zero-order valence-corrected chi connectivity index (χ0v) is 10.0. The van der Waals surface area contributed by atoms with Gasteiger partial charge in [0.2, 0.25) is 0 Å².